The normalized spacial score (nSPS) is 25.3. The minimum absolute atomic E-state index is 0. The summed E-state index contributed by atoms with van der Waals surface area (Å²) < 4.78 is 14.7. The van der Waals surface area contributed by atoms with Crippen molar-refractivity contribution < 1.29 is 62.6 Å². The van der Waals surface area contributed by atoms with Crippen molar-refractivity contribution in [1.82, 2.24) is 0 Å². The molecule has 0 radical (unpaired) electrons. The second-order valence-electron chi connectivity index (χ2n) is 7.75. The predicted molar refractivity (Wildman–Crippen MR) is 96.4 cm³/mol. The van der Waals surface area contributed by atoms with E-state index in [1.54, 1.807) is 0 Å². The van der Waals surface area contributed by atoms with Gasteiger partial charge in [0.1, 0.15) is 5.82 Å². The number of halogens is 2. The van der Waals surface area contributed by atoms with Crippen molar-refractivity contribution in [1.29, 1.82) is 0 Å². The summed E-state index contributed by atoms with van der Waals surface area (Å²) in [5.41, 5.74) is 1.85. The van der Waals surface area contributed by atoms with Crippen LogP contribution in [-0.2, 0) is 6.42 Å². The van der Waals surface area contributed by atoms with Crippen LogP contribution >= 0.6 is 11.6 Å². The van der Waals surface area contributed by atoms with E-state index in [1.807, 2.05) is 6.07 Å². The van der Waals surface area contributed by atoms with Crippen LogP contribution in [0.5, 0.6) is 0 Å². The van der Waals surface area contributed by atoms with Gasteiger partial charge < -0.3 is 6.42 Å². The van der Waals surface area contributed by atoms with Crippen molar-refractivity contribution in [2.75, 3.05) is 0 Å². The first-order valence-corrected chi connectivity index (χ1v) is 9.81. The Bertz CT molecular complexity index is 517. The maximum Gasteiger partial charge on any atom is 1.00 e. The molecule has 0 N–H and O–H groups in total. The first kappa shape index (κ1) is 21.5. The summed E-state index contributed by atoms with van der Waals surface area (Å²) in [5.74, 6) is 1.90. The molecule has 2 aliphatic carbocycles. The SMILES string of the molecule is CC1CCC(CCc2ccc(C3CC[CH-]CC3)c(F)c2Cl)CC1.[Rb+]. The Kier molecular flexibility index (Phi) is 9.47. The molecule has 2 saturated carbocycles. The summed E-state index contributed by atoms with van der Waals surface area (Å²) in [6.07, 6.45) is 14.1. The molecule has 3 heteroatoms. The molecule has 0 aromatic heterocycles. The number of aryl methyl sites for hydroxylation is 1. The minimum atomic E-state index is -0.145. The van der Waals surface area contributed by atoms with Crippen molar-refractivity contribution in [2.24, 2.45) is 11.8 Å². The van der Waals surface area contributed by atoms with E-state index in [-0.39, 0.29) is 64.0 Å². The van der Waals surface area contributed by atoms with Gasteiger partial charge in [-0.3, -0.25) is 0 Å². The van der Waals surface area contributed by atoms with Gasteiger partial charge in [-0.1, -0.05) is 69.2 Å². The first-order chi connectivity index (χ1) is 11.1. The van der Waals surface area contributed by atoms with E-state index in [4.69, 9.17) is 11.6 Å². The topological polar surface area (TPSA) is 0 Å². The Morgan fingerprint density at radius 3 is 2.42 bits per heavy atom. The van der Waals surface area contributed by atoms with Crippen LogP contribution in [0.4, 0.5) is 4.39 Å². The molecule has 0 spiro atoms. The van der Waals surface area contributed by atoms with Crippen molar-refractivity contribution in [2.45, 2.75) is 77.0 Å². The second-order valence-corrected chi connectivity index (χ2v) is 8.12. The largest absolute Gasteiger partial charge is 1.00 e. The van der Waals surface area contributed by atoms with Gasteiger partial charge in [0.05, 0.1) is 5.02 Å². The molecule has 0 aliphatic heterocycles. The van der Waals surface area contributed by atoms with E-state index in [0.717, 1.165) is 61.5 Å². The van der Waals surface area contributed by atoms with E-state index < -0.39 is 0 Å². The fourth-order valence-electron chi connectivity index (χ4n) is 4.33. The summed E-state index contributed by atoms with van der Waals surface area (Å²) in [6, 6.07) is 4.10. The zero-order chi connectivity index (χ0) is 16.2. The Labute approximate surface area is 201 Å². The molecule has 1 aromatic carbocycles. The second kappa shape index (κ2) is 10.5. The molecule has 0 amide bonds. The molecule has 0 saturated heterocycles. The van der Waals surface area contributed by atoms with Crippen LogP contribution in [0.15, 0.2) is 12.1 Å². The maximum atomic E-state index is 14.7. The van der Waals surface area contributed by atoms with E-state index in [9.17, 15) is 4.39 Å². The van der Waals surface area contributed by atoms with Crippen molar-refractivity contribution >= 4 is 11.6 Å². The van der Waals surface area contributed by atoms with Gasteiger partial charge in [0, 0.05) is 0 Å². The van der Waals surface area contributed by atoms with E-state index in [1.165, 1.54) is 25.7 Å². The molecule has 2 fully saturated rings. The molecule has 3 rings (SSSR count). The zero-order valence-corrected chi connectivity index (χ0v) is 21.0. The number of benzene rings is 1. The van der Waals surface area contributed by atoms with Crippen molar-refractivity contribution in [3.63, 3.8) is 0 Å². The predicted octanol–water partition coefficient (Wildman–Crippen LogP) is 4.10. The number of hydrogen-bond acceptors (Lipinski definition) is 0. The molecular weight excluding hydrogens is 392 g/mol. The van der Waals surface area contributed by atoms with Crippen LogP contribution in [0, 0.1) is 24.1 Å². The zero-order valence-electron chi connectivity index (χ0n) is 15.3. The molecule has 0 nitrogen and oxygen atoms in total. The van der Waals surface area contributed by atoms with Gasteiger partial charge in [-0.2, -0.15) is 12.8 Å². The molecular formula is C21H29ClFRb. The molecule has 0 unspecified atom stereocenters. The summed E-state index contributed by atoms with van der Waals surface area (Å²) in [4.78, 5) is 0. The third-order valence-corrected chi connectivity index (χ3v) is 6.44. The minimum Gasteiger partial charge on any atom is -0.328 e. The van der Waals surface area contributed by atoms with Gasteiger partial charge in [-0.25, -0.2) is 4.39 Å². The maximum absolute atomic E-state index is 14.7. The molecule has 0 heterocycles. The van der Waals surface area contributed by atoms with E-state index in [0.29, 0.717) is 10.9 Å². The van der Waals surface area contributed by atoms with Gasteiger partial charge in [0.15, 0.2) is 0 Å². The van der Waals surface area contributed by atoms with E-state index >= 15 is 0 Å². The van der Waals surface area contributed by atoms with Gasteiger partial charge in [0.2, 0.25) is 0 Å². The van der Waals surface area contributed by atoms with Crippen LogP contribution in [-0.4, -0.2) is 0 Å². The van der Waals surface area contributed by atoms with Gasteiger partial charge in [-0.05, 0) is 41.7 Å². The third-order valence-electron chi connectivity index (χ3n) is 6.03. The average molecular weight is 421 g/mol. The van der Waals surface area contributed by atoms with Gasteiger partial charge in [-0.15, -0.1) is 0 Å². The Morgan fingerprint density at radius 1 is 1.08 bits per heavy atom. The van der Waals surface area contributed by atoms with E-state index in [2.05, 4.69) is 19.4 Å². The van der Waals surface area contributed by atoms with Gasteiger partial charge in [0.25, 0.3) is 0 Å². The average Bonchev–Trinajstić information content (AvgIpc) is 2.58. The third kappa shape index (κ3) is 5.62. The van der Waals surface area contributed by atoms with Crippen molar-refractivity contribution in [3.8, 4) is 0 Å². The molecule has 1 aromatic rings. The van der Waals surface area contributed by atoms with Crippen LogP contribution in [0.1, 0.15) is 81.8 Å². The summed E-state index contributed by atoms with van der Waals surface area (Å²) in [6.45, 7) is 2.35. The smallest absolute Gasteiger partial charge is 0.328 e. The monoisotopic (exact) mass is 420 g/mol. The standard InChI is InChI=1S/C21H29ClF.Rb/c1-15-7-9-16(10-8-15)11-12-18-13-14-19(21(23)20(18)22)17-5-3-2-4-6-17;/h2,13-17H,3-12H2,1H3;/q-1;+1. The van der Waals surface area contributed by atoms with Crippen LogP contribution in [0.25, 0.3) is 0 Å². The quantitative estimate of drug-likeness (QED) is 0.643. The van der Waals surface area contributed by atoms with Gasteiger partial charge >= 0.3 is 58.2 Å². The molecule has 2 aliphatic rings. The van der Waals surface area contributed by atoms with Crippen LogP contribution in [0.3, 0.4) is 0 Å². The summed E-state index contributed by atoms with van der Waals surface area (Å²) in [7, 11) is 0. The van der Waals surface area contributed by atoms with Crippen molar-refractivity contribution in [3.05, 3.63) is 40.5 Å². The van der Waals surface area contributed by atoms with Crippen LogP contribution < -0.4 is 58.2 Å². The summed E-state index contributed by atoms with van der Waals surface area (Å²) >= 11 is 6.38. The first-order valence-electron chi connectivity index (χ1n) is 9.43. The Morgan fingerprint density at radius 2 is 1.75 bits per heavy atom. The molecule has 24 heavy (non-hydrogen) atoms. The molecule has 128 valence electrons. The summed E-state index contributed by atoms with van der Waals surface area (Å²) in [5, 5.41) is 0.390. The Balaban J connectivity index is 0.00000208. The number of hydrogen-bond donors (Lipinski definition) is 0. The number of rotatable bonds is 4. The molecule has 0 bridgehead atoms. The fraction of sp³-hybridized carbons (Fsp3) is 0.667. The Hall–Kier alpha value is 1.25. The van der Waals surface area contributed by atoms with Crippen LogP contribution in [0.2, 0.25) is 5.02 Å². The fourth-order valence-corrected chi connectivity index (χ4v) is 4.59. The molecule has 0 atom stereocenters.